The van der Waals surface area contributed by atoms with E-state index in [-0.39, 0.29) is 18.1 Å². The molecule has 1 aliphatic carbocycles. The summed E-state index contributed by atoms with van der Waals surface area (Å²) < 4.78 is 0. The van der Waals surface area contributed by atoms with Gasteiger partial charge in [-0.25, -0.2) is 0 Å². The van der Waals surface area contributed by atoms with Crippen LogP contribution in [0.1, 0.15) is 46.0 Å². The number of hydrogen-bond donors (Lipinski definition) is 3. The first kappa shape index (κ1) is 13.5. The summed E-state index contributed by atoms with van der Waals surface area (Å²) in [6, 6.07) is 0.383. The van der Waals surface area contributed by atoms with Crippen molar-refractivity contribution in [1.29, 1.82) is 0 Å². The minimum atomic E-state index is -0.351. The van der Waals surface area contributed by atoms with Crippen LogP contribution in [0.5, 0.6) is 0 Å². The topological polar surface area (TPSA) is 61.4 Å². The van der Waals surface area contributed by atoms with E-state index in [2.05, 4.69) is 24.5 Å². The van der Waals surface area contributed by atoms with Gasteiger partial charge < -0.3 is 15.7 Å². The summed E-state index contributed by atoms with van der Waals surface area (Å²) in [6.07, 6.45) is 4.03. The molecular weight excluding hydrogens is 204 g/mol. The summed E-state index contributed by atoms with van der Waals surface area (Å²) in [5.41, 5.74) is 0. The van der Waals surface area contributed by atoms with Crippen molar-refractivity contribution in [2.24, 2.45) is 0 Å². The Balaban J connectivity index is 2.17. The van der Waals surface area contributed by atoms with Crippen molar-refractivity contribution in [2.75, 3.05) is 6.54 Å². The van der Waals surface area contributed by atoms with E-state index in [1.165, 1.54) is 0 Å². The van der Waals surface area contributed by atoms with Crippen molar-refractivity contribution in [3.8, 4) is 0 Å². The van der Waals surface area contributed by atoms with Gasteiger partial charge in [-0.1, -0.05) is 26.7 Å². The van der Waals surface area contributed by atoms with Crippen LogP contribution in [0.25, 0.3) is 0 Å². The van der Waals surface area contributed by atoms with Crippen LogP contribution in [0.2, 0.25) is 0 Å². The fourth-order valence-electron chi connectivity index (χ4n) is 2.03. The number of nitrogens with one attached hydrogen (secondary N) is 2. The minimum absolute atomic E-state index is 0.0275. The predicted octanol–water partition coefficient (Wildman–Crippen LogP) is 0.794. The molecule has 16 heavy (non-hydrogen) atoms. The standard InChI is InChI=1S/C12H24N2O2/c1-9(2)13-8-7-12(16)14-10-5-3-4-6-11(10)15/h9-11,13,15H,3-8H2,1-2H3,(H,14,16)/t10-,11-/m1/s1. The van der Waals surface area contributed by atoms with Crippen molar-refractivity contribution < 1.29 is 9.90 Å². The van der Waals surface area contributed by atoms with E-state index in [0.29, 0.717) is 19.0 Å². The Bertz CT molecular complexity index is 219. The van der Waals surface area contributed by atoms with E-state index in [1.807, 2.05) is 0 Å². The van der Waals surface area contributed by atoms with Gasteiger partial charge in [-0.05, 0) is 12.8 Å². The molecular formula is C12H24N2O2. The fourth-order valence-corrected chi connectivity index (χ4v) is 2.03. The Hall–Kier alpha value is -0.610. The van der Waals surface area contributed by atoms with Crippen LogP contribution in [0.4, 0.5) is 0 Å². The lowest BCUT2D eigenvalue weighted by Gasteiger charge is -2.28. The molecule has 0 bridgehead atoms. The molecule has 0 spiro atoms. The molecule has 0 aromatic rings. The summed E-state index contributed by atoms with van der Waals surface area (Å²) in [5, 5.41) is 15.8. The average molecular weight is 228 g/mol. The zero-order valence-electron chi connectivity index (χ0n) is 10.3. The number of amides is 1. The second-order valence-electron chi connectivity index (χ2n) is 4.88. The smallest absolute Gasteiger partial charge is 0.221 e. The summed E-state index contributed by atoms with van der Waals surface area (Å²) in [7, 11) is 0. The molecule has 0 unspecified atom stereocenters. The largest absolute Gasteiger partial charge is 0.391 e. The molecule has 0 heterocycles. The Morgan fingerprint density at radius 1 is 1.38 bits per heavy atom. The molecule has 4 heteroatoms. The Morgan fingerprint density at radius 3 is 2.69 bits per heavy atom. The number of rotatable bonds is 5. The van der Waals surface area contributed by atoms with E-state index in [4.69, 9.17) is 0 Å². The van der Waals surface area contributed by atoms with Crippen molar-refractivity contribution in [1.82, 2.24) is 10.6 Å². The molecule has 1 saturated carbocycles. The first-order chi connectivity index (χ1) is 7.59. The number of carbonyl (C=O) groups excluding carboxylic acids is 1. The Morgan fingerprint density at radius 2 is 2.06 bits per heavy atom. The van der Waals surface area contributed by atoms with Crippen molar-refractivity contribution in [2.45, 2.75) is 64.1 Å². The molecule has 0 aromatic carbocycles. The highest BCUT2D eigenvalue weighted by Gasteiger charge is 2.23. The molecule has 0 aliphatic heterocycles. The molecule has 1 aliphatic rings. The van der Waals surface area contributed by atoms with Gasteiger partial charge in [0, 0.05) is 19.0 Å². The zero-order chi connectivity index (χ0) is 12.0. The van der Waals surface area contributed by atoms with E-state index >= 15 is 0 Å². The average Bonchev–Trinajstić information content (AvgIpc) is 2.21. The van der Waals surface area contributed by atoms with E-state index in [0.717, 1.165) is 25.7 Å². The van der Waals surface area contributed by atoms with E-state index < -0.39 is 0 Å². The van der Waals surface area contributed by atoms with Crippen LogP contribution in [-0.4, -0.2) is 35.7 Å². The second kappa shape index (κ2) is 6.86. The number of hydrogen-bond acceptors (Lipinski definition) is 3. The highest BCUT2D eigenvalue weighted by molar-refractivity contribution is 5.76. The fraction of sp³-hybridized carbons (Fsp3) is 0.917. The molecule has 0 saturated heterocycles. The van der Waals surface area contributed by atoms with Gasteiger partial charge in [-0.3, -0.25) is 4.79 Å². The maximum absolute atomic E-state index is 11.6. The van der Waals surface area contributed by atoms with E-state index in [1.54, 1.807) is 0 Å². The molecule has 1 fully saturated rings. The minimum Gasteiger partial charge on any atom is -0.391 e. The maximum Gasteiger partial charge on any atom is 0.221 e. The maximum atomic E-state index is 11.6. The second-order valence-corrected chi connectivity index (χ2v) is 4.88. The number of carbonyl (C=O) groups is 1. The van der Waals surface area contributed by atoms with Gasteiger partial charge in [0.1, 0.15) is 0 Å². The van der Waals surface area contributed by atoms with Crippen LogP contribution in [0.3, 0.4) is 0 Å². The summed E-state index contributed by atoms with van der Waals surface area (Å²) in [4.78, 5) is 11.6. The van der Waals surface area contributed by atoms with Gasteiger partial charge in [0.2, 0.25) is 5.91 Å². The molecule has 94 valence electrons. The third kappa shape index (κ3) is 4.94. The van der Waals surface area contributed by atoms with Crippen LogP contribution in [0.15, 0.2) is 0 Å². The first-order valence-electron chi connectivity index (χ1n) is 6.30. The molecule has 2 atom stereocenters. The third-order valence-electron chi connectivity index (χ3n) is 2.98. The number of aliphatic hydroxyl groups is 1. The SMILES string of the molecule is CC(C)NCCC(=O)N[C@@H]1CCCC[C@H]1O. The molecule has 0 radical (unpaired) electrons. The molecule has 1 rings (SSSR count). The molecule has 1 amide bonds. The lowest BCUT2D eigenvalue weighted by Crippen LogP contribution is -2.45. The molecule has 3 N–H and O–H groups in total. The lowest BCUT2D eigenvalue weighted by molar-refractivity contribution is -0.122. The molecule has 4 nitrogen and oxygen atoms in total. The van der Waals surface area contributed by atoms with Crippen LogP contribution in [-0.2, 0) is 4.79 Å². The van der Waals surface area contributed by atoms with Gasteiger partial charge in [-0.2, -0.15) is 0 Å². The van der Waals surface area contributed by atoms with Crippen molar-refractivity contribution in [3.05, 3.63) is 0 Å². The van der Waals surface area contributed by atoms with Gasteiger partial charge in [-0.15, -0.1) is 0 Å². The van der Waals surface area contributed by atoms with Gasteiger partial charge in [0.15, 0.2) is 0 Å². The zero-order valence-corrected chi connectivity index (χ0v) is 10.3. The van der Waals surface area contributed by atoms with Crippen molar-refractivity contribution in [3.63, 3.8) is 0 Å². The molecule has 0 aromatic heterocycles. The predicted molar refractivity (Wildman–Crippen MR) is 64.2 cm³/mol. The Kier molecular flexibility index (Phi) is 5.77. The highest BCUT2D eigenvalue weighted by Crippen LogP contribution is 2.18. The van der Waals surface area contributed by atoms with Crippen LogP contribution >= 0.6 is 0 Å². The summed E-state index contributed by atoms with van der Waals surface area (Å²) in [6.45, 7) is 4.82. The highest BCUT2D eigenvalue weighted by atomic mass is 16.3. The summed E-state index contributed by atoms with van der Waals surface area (Å²) in [5.74, 6) is 0.0408. The van der Waals surface area contributed by atoms with Crippen LogP contribution in [0, 0.1) is 0 Å². The van der Waals surface area contributed by atoms with Gasteiger partial charge in [0.05, 0.1) is 12.1 Å². The van der Waals surface area contributed by atoms with Crippen LogP contribution < -0.4 is 10.6 Å². The quantitative estimate of drug-likeness (QED) is 0.652. The normalized spacial score (nSPS) is 25.8. The van der Waals surface area contributed by atoms with Crippen molar-refractivity contribution >= 4 is 5.91 Å². The lowest BCUT2D eigenvalue weighted by atomic mass is 9.92. The Labute approximate surface area is 97.8 Å². The van der Waals surface area contributed by atoms with Gasteiger partial charge in [0.25, 0.3) is 0 Å². The van der Waals surface area contributed by atoms with E-state index in [9.17, 15) is 9.90 Å². The third-order valence-corrected chi connectivity index (χ3v) is 2.98. The summed E-state index contributed by atoms with van der Waals surface area (Å²) >= 11 is 0. The first-order valence-corrected chi connectivity index (χ1v) is 6.30. The number of aliphatic hydroxyl groups excluding tert-OH is 1. The van der Waals surface area contributed by atoms with Gasteiger partial charge >= 0.3 is 0 Å². The monoisotopic (exact) mass is 228 g/mol.